The molecule has 0 atom stereocenters. The molecule has 0 aliphatic rings. The smallest absolute Gasteiger partial charge is 0.336 e. The standard InChI is InChI=1S/C16H20N4O3/c1-10-7-5-6-8-13(10)15(21)17-18-16(22)20(4)9-14-11(2)19-23-12(14)3/h5-8H,9H2,1-4H3,(H,17,21)(H,18,22). The normalized spacial score (nSPS) is 10.3. The zero-order chi connectivity index (χ0) is 17.0. The highest BCUT2D eigenvalue weighted by molar-refractivity contribution is 5.96. The Labute approximate surface area is 134 Å². The molecule has 7 heteroatoms. The number of nitrogens with one attached hydrogen (secondary N) is 2. The highest BCUT2D eigenvalue weighted by atomic mass is 16.5. The molecule has 1 heterocycles. The first kappa shape index (κ1) is 16.5. The maximum atomic E-state index is 12.1. The number of urea groups is 1. The number of carbonyl (C=O) groups is 2. The van der Waals surface area contributed by atoms with Crippen molar-refractivity contribution in [2.45, 2.75) is 27.3 Å². The molecule has 3 amide bonds. The quantitative estimate of drug-likeness (QED) is 0.849. The van der Waals surface area contributed by atoms with Gasteiger partial charge in [-0.2, -0.15) is 0 Å². The van der Waals surface area contributed by atoms with E-state index in [1.54, 1.807) is 26.1 Å². The van der Waals surface area contributed by atoms with Crippen molar-refractivity contribution in [1.29, 1.82) is 0 Å². The van der Waals surface area contributed by atoms with Gasteiger partial charge in [-0.25, -0.2) is 10.2 Å². The zero-order valence-electron chi connectivity index (χ0n) is 13.6. The predicted molar refractivity (Wildman–Crippen MR) is 84.6 cm³/mol. The van der Waals surface area contributed by atoms with E-state index in [1.807, 2.05) is 26.0 Å². The Bertz CT molecular complexity index is 704. The Morgan fingerprint density at radius 2 is 1.87 bits per heavy atom. The summed E-state index contributed by atoms with van der Waals surface area (Å²) in [6.45, 7) is 5.78. The minimum Gasteiger partial charge on any atom is -0.361 e. The van der Waals surface area contributed by atoms with Crippen LogP contribution in [0.4, 0.5) is 4.79 Å². The molecule has 122 valence electrons. The molecule has 0 saturated heterocycles. The fourth-order valence-corrected chi connectivity index (χ4v) is 2.14. The van der Waals surface area contributed by atoms with E-state index in [9.17, 15) is 9.59 Å². The van der Waals surface area contributed by atoms with E-state index in [-0.39, 0.29) is 5.91 Å². The van der Waals surface area contributed by atoms with E-state index in [0.29, 0.717) is 17.9 Å². The second kappa shape index (κ2) is 6.95. The number of aromatic nitrogens is 1. The third-order valence-corrected chi connectivity index (χ3v) is 3.60. The summed E-state index contributed by atoms with van der Waals surface area (Å²) >= 11 is 0. The second-order valence-electron chi connectivity index (χ2n) is 5.36. The van der Waals surface area contributed by atoms with Crippen molar-refractivity contribution in [3.8, 4) is 0 Å². The van der Waals surface area contributed by atoms with Gasteiger partial charge in [-0.05, 0) is 32.4 Å². The van der Waals surface area contributed by atoms with Crippen molar-refractivity contribution in [1.82, 2.24) is 20.9 Å². The van der Waals surface area contributed by atoms with Crippen LogP contribution in [-0.2, 0) is 6.54 Å². The zero-order valence-corrected chi connectivity index (χ0v) is 13.6. The number of amides is 3. The van der Waals surface area contributed by atoms with Gasteiger partial charge in [0.25, 0.3) is 5.91 Å². The number of hydrazine groups is 1. The Morgan fingerprint density at radius 1 is 1.17 bits per heavy atom. The van der Waals surface area contributed by atoms with Crippen LogP contribution < -0.4 is 10.9 Å². The second-order valence-corrected chi connectivity index (χ2v) is 5.36. The summed E-state index contributed by atoms with van der Waals surface area (Å²) in [4.78, 5) is 25.5. The number of nitrogens with zero attached hydrogens (tertiary/aromatic N) is 2. The Kier molecular flexibility index (Phi) is 5.00. The van der Waals surface area contributed by atoms with Crippen LogP contribution in [0.3, 0.4) is 0 Å². The molecule has 2 N–H and O–H groups in total. The first-order valence-corrected chi connectivity index (χ1v) is 7.19. The van der Waals surface area contributed by atoms with E-state index in [4.69, 9.17) is 4.52 Å². The summed E-state index contributed by atoms with van der Waals surface area (Å²) in [6, 6.07) is 6.73. The monoisotopic (exact) mass is 316 g/mol. The lowest BCUT2D eigenvalue weighted by Gasteiger charge is -2.18. The molecule has 23 heavy (non-hydrogen) atoms. The fraction of sp³-hybridized carbons (Fsp3) is 0.312. The van der Waals surface area contributed by atoms with E-state index in [2.05, 4.69) is 16.0 Å². The minimum absolute atomic E-state index is 0.341. The molecule has 0 spiro atoms. The molecule has 0 aliphatic carbocycles. The van der Waals surface area contributed by atoms with Crippen LogP contribution in [0, 0.1) is 20.8 Å². The molecule has 0 radical (unpaired) electrons. The van der Waals surface area contributed by atoms with Gasteiger partial charge in [-0.3, -0.25) is 10.2 Å². The van der Waals surface area contributed by atoms with Crippen molar-refractivity contribution in [2.75, 3.05) is 7.05 Å². The van der Waals surface area contributed by atoms with Gasteiger partial charge in [0.1, 0.15) is 5.76 Å². The van der Waals surface area contributed by atoms with Gasteiger partial charge >= 0.3 is 6.03 Å². The van der Waals surface area contributed by atoms with Crippen molar-refractivity contribution >= 4 is 11.9 Å². The van der Waals surface area contributed by atoms with Gasteiger partial charge in [0, 0.05) is 18.2 Å². The average Bonchev–Trinajstić information content (AvgIpc) is 2.84. The third kappa shape index (κ3) is 3.88. The first-order valence-electron chi connectivity index (χ1n) is 7.19. The highest BCUT2D eigenvalue weighted by Crippen LogP contribution is 2.14. The molecule has 1 aromatic heterocycles. The van der Waals surface area contributed by atoms with Crippen molar-refractivity contribution < 1.29 is 14.1 Å². The fourth-order valence-electron chi connectivity index (χ4n) is 2.14. The van der Waals surface area contributed by atoms with E-state index in [0.717, 1.165) is 16.8 Å². The van der Waals surface area contributed by atoms with Gasteiger partial charge in [-0.15, -0.1) is 0 Å². The largest absolute Gasteiger partial charge is 0.361 e. The van der Waals surface area contributed by atoms with E-state index >= 15 is 0 Å². The summed E-state index contributed by atoms with van der Waals surface area (Å²) in [5.41, 5.74) is 7.75. The number of hydrogen-bond donors (Lipinski definition) is 2. The summed E-state index contributed by atoms with van der Waals surface area (Å²) in [6.07, 6.45) is 0. The van der Waals surface area contributed by atoms with Crippen molar-refractivity contribution in [2.24, 2.45) is 0 Å². The van der Waals surface area contributed by atoms with Gasteiger partial charge in [0.15, 0.2) is 0 Å². The van der Waals surface area contributed by atoms with Crippen LogP contribution in [0.25, 0.3) is 0 Å². The van der Waals surface area contributed by atoms with Crippen LogP contribution in [0.2, 0.25) is 0 Å². The number of benzene rings is 1. The molecule has 0 unspecified atom stereocenters. The Balaban J connectivity index is 1.92. The Hall–Kier alpha value is -2.83. The maximum absolute atomic E-state index is 12.1. The van der Waals surface area contributed by atoms with Gasteiger partial charge < -0.3 is 9.42 Å². The third-order valence-electron chi connectivity index (χ3n) is 3.60. The lowest BCUT2D eigenvalue weighted by atomic mass is 10.1. The van der Waals surface area contributed by atoms with Gasteiger partial charge in [0.05, 0.1) is 12.2 Å². The molecule has 2 aromatic rings. The van der Waals surface area contributed by atoms with Crippen LogP contribution in [0.5, 0.6) is 0 Å². The highest BCUT2D eigenvalue weighted by Gasteiger charge is 2.16. The van der Waals surface area contributed by atoms with Crippen molar-refractivity contribution in [3.63, 3.8) is 0 Å². The van der Waals surface area contributed by atoms with Crippen LogP contribution in [0.1, 0.15) is 32.9 Å². The topological polar surface area (TPSA) is 87.5 Å². The lowest BCUT2D eigenvalue weighted by Crippen LogP contribution is -2.47. The minimum atomic E-state index is -0.424. The summed E-state index contributed by atoms with van der Waals surface area (Å²) in [7, 11) is 1.63. The first-order chi connectivity index (χ1) is 10.9. The average molecular weight is 316 g/mol. The number of aryl methyl sites for hydroxylation is 3. The molecule has 0 saturated carbocycles. The number of carbonyl (C=O) groups excluding carboxylic acids is 2. The number of rotatable bonds is 3. The van der Waals surface area contributed by atoms with Gasteiger partial charge in [-0.1, -0.05) is 23.4 Å². The summed E-state index contributed by atoms with van der Waals surface area (Å²) in [5, 5.41) is 3.85. The molecule has 1 aromatic carbocycles. The lowest BCUT2D eigenvalue weighted by molar-refractivity contribution is 0.0930. The Morgan fingerprint density at radius 3 is 2.48 bits per heavy atom. The molecule has 0 bridgehead atoms. The van der Waals surface area contributed by atoms with E-state index in [1.165, 1.54) is 4.90 Å². The summed E-state index contributed by atoms with van der Waals surface area (Å²) in [5.74, 6) is 0.313. The molecular formula is C16H20N4O3. The molecular weight excluding hydrogens is 296 g/mol. The number of hydrogen-bond acceptors (Lipinski definition) is 4. The van der Waals surface area contributed by atoms with E-state index < -0.39 is 6.03 Å². The summed E-state index contributed by atoms with van der Waals surface area (Å²) < 4.78 is 5.07. The van der Waals surface area contributed by atoms with Crippen LogP contribution >= 0.6 is 0 Å². The van der Waals surface area contributed by atoms with Gasteiger partial charge in [0.2, 0.25) is 0 Å². The predicted octanol–water partition coefficient (Wildman–Crippen LogP) is 2.09. The SMILES string of the molecule is Cc1ccccc1C(=O)NNC(=O)N(C)Cc1c(C)noc1C. The van der Waals surface area contributed by atoms with Crippen LogP contribution in [0.15, 0.2) is 28.8 Å². The molecule has 7 nitrogen and oxygen atoms in total. The van der Waals surface area contributed by atoms with Crippen molar-refractivity contribution in [3.05, 3.63) is 52.4 Å². The molecule has 0 aliphatic heterocycles. The van der Waals surface area contributed by atoms with Crippen LogP contribution in [-0.4, -0.2) is 29.0 Å². The molecule has 0 fully saturated rings. The molecule has 2 rings (SSSR count). The maximum Gasteiger partial charge on any atom is 0.336 e.